The molecule has 0 saturated carbocycles. The number of ketones is 1. The molecular weight excluding hydrogens is 357 g/mol. The summed E-state index contributed by atoms with van der Waals surface area (Å²) in [6.45, 7) is 0. The van der Waals surface area contributed by atoms with Crippen molar-refractivity contribution in [3.63, 3.8) is 0 Å². The summed E-state index contributed by atoms with van der Waals surface area (Å²) >= 11 is 8.71. The summed E-state index contributed by atoms with van der Waals surface area (Å²) in [5.74, 6) is -3.09. The zero-order chi connectivity index (χ0) is 14.9. The van der Waals surface area contributed by atoms with Crippen molar-refractivity contribution in [1.82, 2.24) is 0 Å². The summed E-state index contributed by atoms with van der Waals surface area (Å²) in [6, 6.07) is 5.56. The van der Waals surface area contributed by atoms with Gasteiger partial charge in [-0.1, -0.05) is 17.7 Å². The van der Waals surface area contributed by atoms with Crippen LogP contribution in [-0.4, -0.2) is 5.78 Å². The van der Waals surface area contributed by atoms with Gasteiger partial charge in [-0.05, 0) is 39.7 Å². The maximum absolute atomic E-state index is 13.8. The molecule has 0 aromatic heterocycles. The van der Waals surface area contributed by atoms with E-state index in [4.69, 9.17) is 11.6 Å². The average molecular weight is 364 g/mol. The Kier molecular flexibility index (Phi) is 4.50. The lowest BCUT2D eigenvalue weighted by atomic mass is 10.0. The van der Waals surface area contributed by atoms with Crippen LogP contribution in [0.15, 0.2) is 34.8 Å². The van der Waals surface area contributed by atoms with Crippen LogP contribution in [0.3, 0.4) is 0 Å². The van der Waals surface area contributed by atoms with Crippen molar-refractivity contribution in [1.29, 1.82) is 0 Å². The van der Waals surface area contributed by atoms with E-state index in [1.807, 2.05) is 0 Å². The molecule has 0 atom stereocenters. The summed E-state index contributed by atoms with van der Waals surface area (Å²) in [4.78, 5) is 12.0. The fourth-order valence-corrected chi connectivity index (χ4v) is 2.15. The van der Waals surface area contributed by atoms with Gasteiger partial charge in [-0.3, -0.25) is 4.79 Å². The molecule has 0 aliphatic heterocycles. The lowest BCUT2D eigenvalue weighted by Gasteiger charge is -2.06. The fourth-order valence-electron chi connectivity index (χ4n) is 1.67. The molecule has 104 valence electrons. The lowest BCUT2D eigenvalue weighted by Crippen LogP contribution is -2.08. The molecule has 0 amide bonds. The smallest absolute Gasteiger partial charge is 0.170 e. The van der Waals surface area contributed by atoms with Crippen molar-refractivity contribution >= 4 is 33.3 Å². The van der Waals surface area contributed by atoms with Crippen molar-refractivity contribution in [3.8, 4) is 0 Å². The minimum Gasteiger partial charge on any atom is -0.294 e. The molecular formula is C14H7BrClF3O. The number of hydrogen-bond donors (Lipinski definition) is 0. The molecule has 0 unspecified atom stereocenters. The first-order valence-corrected chi connectivity index (χ1v) is 6.68. The Balaban J connectivity index is 2.31. The second kappa shape index (κ2) is 5.97. The molecule has 0 radical (unpaired) electrons. The van der Waals surface area contributed by atoms with E-state index in [9.17, 15) is 18.0 Å². The minimum absolute atomic E-state index is 0.00478. The molecule has 0 aliphatic rings. The third-order valence-electron chi connectivity index (χ3n) is 2.70. The van der Waals surface area contributed by atoms with Gasteiger partial charge in [0, 0.05) is 17.0 Å². The fraction of sp³-hybridized carbons (Fsp3) is 0.0714. The highest BCUT2D eigenvalue weighted by Crippen LogP contribution is 2.28. The van der Waals surface area contributed by atoms with Gasteiger partial charge in [0.1, 0.15) is 11.6 Å². The van der Waals surface area contributed by atoms with E-state index in [1.165, 1.54) is 12.1 Å². The Bertz CT molecular complexity index is 688. The van der Waals surface area contributed by atoms with Crippen LogP contribution in [0.5, 0.6) is 0 Å². The Hall–Kier alpha value is -1.33. The van der Waals surface area contributed by atoms with E-state index in [-0.39, 0.29) is 22.6 Å². The summed E-state index contributed by atoms with van der Waals surface area (Å²) < 4.78 is 40.4. The number of Topliss-reactive ketones (excluding diaryl/α,β-unsaturated/α-hetero) is 1. The average Bonchev–Trinajstić information content (AvgIpc) is 2.39. The van der Waals surface area contributed by atoms with Crippen molar-refractivity contribution < 1.29 is 18.0 Å². The molecule has 6 heteroatoms. The van der Waals surface area contributed by atoms with Gasteiger partial charge in [-0.2, -0.15) is 0 Å². The monoisotopic (exact) mass is 362 g/mol. The number of hydrogen-bond acceptors (Lipinski definition) is 1. The number of rotatable bonds is 3. The molecule has 1 nitrogen and oxygen atoms in total. The maximum Gasteiger partial charge on any atom is 0.170 e. The first kappa shape index (κ1) is 15.1. The van der Waals surface area contributed by atoms with Crippen LogP contribution < -0.4 is 0 Å². The van der Waals surface area contributed by atoms with Gasteiger partial charge in [-0.25, -0.2) is 13.2 Å². The van der Waals surface area contributed by atoms with E-state index >= 15 is 0 Å². The highest BCUT2D eigenvalue weighted by molar-refractivity contribution is 9.10. The van der Waals surface area contributed by atoms with E-state index in [0.29, 0.717) is 10.5 Å². The van der Waals surface area contributed by atoms with Crippen LogP contribution in [-0.2, 0) is 6.42 Å². The predicted molar refractivity (Wildman–Crippen MR) is 73.5 cm³/mol. The maximum atomic E-state index is 13.8. The van der Waals surface area contributed by atoms with Gasteiger partial charge in [0.15, 0.2) is 11.6 Å². The van der Waals surface area contributed by atoms with Crippen molar-refractivity contribution in [2.24, 2.45) is 0 Å². The molecule has 2 aromatic carbocycles. The summed E-state index contributed by atoms with van der Waals surface area (Å²) in [7, 11) is 0. The normalized spacial score (nSPS) is 10.7. The summed E-state index contributed by atoms with van der Waals surface area (Å²) in [5, 5.41) is -0.213. The largest absolute Gasteiger partial charge is 0.294 e. The van der Waals surface area contributed by atoms with E-state index in [2.05, 4.69) is 15.9 Å². The Morgan fingerprint density at radius 2 is 1.85 bits per heavy atom. The van der Waals surface area contributed by atoms with Gasteiger partial charge in [0.05, 0.1) is 10.6 Å². The first-order valence-electron chi connectivity index (χ1n) is 5.50. The Morgan fingerprint density at radius 1 is 1.15 bits per heavy atom. The minimum atomic E-state index is -0.867. The highest BCUT2D eigenvalue weighted by Gasteiger charge is 2.18. The summed E-state index contributed by atoms with van der Waals surface area (Å²) in [6.07, 6.45) is -0.374. The number of carbonyl (C=O) groups excluding carboxylic acids is 1. The third kappa shape index (κ3) is 3.04. The SMILES string of the molecule is O=C(Cc1ccc(F)cc1F)c1ccc(Br)c(Cl)c1F. The standard InChI is InChI=1S/C14H7BrClF3O/c15-10-4-3-9(14(19)13(10)16)12(20)5-7-1-2-8(17)6-11(7)18/h1-4,6H,5H2. The van der Waals surface area contributed by atoms with Gasteiger partial charge >= 0.3 is 0 Å². The molecule has 0 saturated heterocycles. The van der Waals surface area contributed by atoms with Crippen LogP contribution in [0, 0.1) is 17.5 Å². The second-order valence-electron chi connectivity index (χ2n) is 4.06. The first-order chi connectivity index (χ1) is 9.40. The number of carbonyl (C=O) groups is 1. The van der Waals surface area contributed by atoms with Gasteiger partial charge < -0.3 is 0 Å². The van der Waals surface area contributed by atoms with Gasteiger partial charge in [0.2, 0.25) is 0 Å². The molecule has 0 heterocycles. The van der Waals surface area contributed by atoms with Crippen molar-refractivity contribution in [3.05, 3.63) is 68.4 Å². The second-order valence-corrected chi connectivity index (χ2v) is 5.29. The van der Waals surface area contributed by atoms with Gasteiger partial charge in [0.25, 0.3) is 0 Å². The van der Waals surface area contributed by atoms with E-state index in [1.54, 1.807) is 0 Å². The molecule has 0 fully saturated rings. The molecule has 0 bridgehead atoms. The summed E-state index contributed by atoms with van der Waals surface area (Å²) in [5.41, 5.74) is -0.239. The predicted octanol–water partition coefficient (Wildman–Crippen LogP) is 4.95. The third-order valence-corrected chi connectivity index (χ3v) is 3.96. The number of halogens is 5. The van der Waals surface area contributed by atoms with Crippen LogP contribution in [0.25, 0.3) is 0 Å². The zero-order valence-electron chi connectivity index (χ0n) is 9.89. The molecule has 20 heavy (non-hydrogen) atoms. The van der Waals surface area contributed by atoms with Crippen LogP contribution >= 0.6 is 27.5 Å². The molecule has 2 aromatic rings. The van der Waals surface area contributed by atoms with Crippen molar-refractivity contribution in [2.45, 2.75) is 6.42 Å². The molecule has 2 rings (SSSR count). The zero-order valence-corrected chi connectivity index (χ0v) is 12.2. The molecule has 0 spiro atoms. The van der Waals surface area contributed by atoms with E-state index in [0.717, 1.165) is 12.1 Å². The highest BCUT2D eigenvalue weighted by atomic mass is 79.9. The topological polar surface area (TPSA) is 17.1 Å². The van der Waals surface area contributed by atoms with Crippen LogP contribution in [0.4, 0.5) is 13.2 Å². The van der Waals surface area contributed by atoms with Crippen molar-refractivity contribution in [2.75, 3.05) is 0 Å². The van der Waals surface area contributed by atoms with Gasteiger partial charge in [-0.15, -0.1) is 0 Å². The lowest BCUT2D eigenvalue weighted by molar-refractivity contribution is 0.0988. The molecule has 0 N–H and O–H groups in total. The quantitative estimate of drug-likeness (QED) is 0.557. The Labute approximate surface area is 126 Å². The van der Waals surface area contributed by atoms with Crippen LogP contribution in [0.1, 0.15) is 15.9 Å². The van der Waals surface area contributed by atoms with Crippen LogP contribution in [0.2, 0.25) is 5.02 Å². The molecule has 0 aliphatic carbocycles. The number of benzene rings is 2. The van der Waals surface area contributed by atoms with E-state index < -0.39 is 23.2 Å². The Morgan fingerprint density at radius 3 is 2.50 bits per heavy atom.